The zero-order chi connectivity index (χ0) is 14.1. The number of hydrazone groups is 1. The molecule has 1 atom stereocenters. The smallest absolute Gasteiger partial charge is 0.0668 e. The van der Waals surface area contributed by atoms with E-state index in [1.807, 2.05) is 30.3 Å². The number of nitrogens with zero attached hydrogens (tertiary/aromatic N) is 2. The van der Waals surface area contributed by atoms with Gasteiger partial charge in [0.1, 0.15) is 0 Å². The zero-order valence-electron chi connectivity index (χ0n) is 11.8. The Balaban J connectivity index is 1.53. The molecular weight excluding hydrogens is 258 g/mol. The van der Waals surface area contributed by atoms with Gasteiger partial charge in [-0.2, -0.15) is 5.10 Å². The predicted molar refractivity (Wildman–Crippen MR) is 87.6 cm³/mol. The minimum absolute atomic E-state index is 0.436. The van der Waals surface area contributed by atoms with Gasteiger partial charge in [-0.1, -0.05) is 36.4 Å². The average Bonchev–Trinajstić information content (AvgIpc) is 2.92. The summed E-state index contributed by atoms with van der Waals surface area (Å²) in [5.41, 5.74) is 9.28. The second kappa shape index (κ2) is 5.17. The van der Waals surface area contributed by atoms with Gasteiger partial charge in [-0.05, 0) is 43.0 Å². The number of aliphatic imine (C=N–C) groups is 1. The van der Waals surface area contributed by atoms with Gasteiger partial charge < -0.3 is 0 Å². The van der Waals surface area contributed by atoms with Crippen molar-refractivity contribution in [2.24, 2.45) is 10.1 Å². The minimum Gasteiger partial charge on any atom is -0.279 e. The Kier molecular flexibility index (Phi) is 3.03. The normalized spacial score (nSPS) is 21.6. The van der Waals surface area contributed by atoms with E-state index in [0.717, 1.165) is 30.6 Å². The molecule has 1 unspecified atom stereocenters. The predicted octanol–water partition coefficient (Wildman–Crippen LogP) is 4.51. The maximum Gasteiger partial charge on any atom is 0.0668 e. The Bertz CT molecular complexity index is 716. The van der Waals surface area contributed by atoms with E-state index in [2.05, 4.69) is 34.8 Å². The van der Waals surface area contributed by atoms with E-state index in [4.69, 9.17) is 4.99 Å². The van der Waals surface area contributed by atoms with Gasteiger partial charge in [-0.15, -0.1) is 0 Å². The minimum atomic E-state index is 0.436. The van der Waals surface area contributed by atoms with Crippen LogP contribution >= 0.6 is 0 Å². The summed E-state index contributed by atoms with van der Waals surface area (Å²) in [7, 11) is 0. The van der Waals surface area contributed by atoms with Crippen LogP contribution in [-0.2, 0) is 0 Å². The van der Waals surface area contributed by atoms with Crippen LogP contribution in [0.5, 0.6) is 0 Å². The molecule has 0 spiro atoms. The van der Waals surface area contributed by atoms with Crippen LogP contribution in [0.4, 0.5) is 11.4 Å². The van der Waals surface area contributed by atoms with Crippen molar-refractivity contribution < 1.29 is 0 Å². The third-order valence-electron chi connectivity index (χ3n) is 4.20. The summed E-state index contributed by atoms with van der Waals surface area (Å²) in [6.45, 7) is 0. The lowest BCUT2D eigenvalue weighted by Gasteiger charge is -2.21. The van der Waals surface area contributed by atoms with Crippen molar-refractivity contribution in [2.75, 3.05) is 5.43 Å². The molecule has 4 rings (SSSR count). The summed E-state index contributed by atoms with van der Waals surface area (Å²) in [5.74, 6) is 0.436. The highest BCUT2D eigenvalue weighted by Crippen LogP contribution is 2.41. The second-order valence-electron chi connectivity index (χ2n) is 5.57. The van der Waals surface area contributed by atoms with E-state index in [0.29, 0.717) is 5.92 Å². The largest absolute Gasteiger partial charge is 0.279 e. The molecule has 1 aliphatic carbocycles. The molecule has 2 aliphatic rings. The van der Waals surface area contributed by atoms with Gasteiger partial charge in [0, 0.05) is 17.3 Å². The van der Waals surface area contributed by atoms with E-state index in [1.54, 1.807) is 0 Å². The highest BCUT2D eigenvalue weighted by atomic mass is 15.3. The quantitative estimate of drug-likeness (QED) is 0.804. The number of fused-ring (bicyclic) bond motifs is 3. The number of hydrogen-bond acceptors (Lipinski definition) is 3. The van der Waals surface area contributed by atoms with Gasteiger partial charge in [0.2, 0.25) is 0 Å². The zero-order valence-corrected chi connectivity index (χ0v) is 11.8. The molecule has 0 amide bonds. The lowest BCUT2D eigenvalue weighted by Crippen LogP contribution is -2.21. The van der Waals surface area contributed by atoms with E-state index in [1.165, 1.54) is 17.0 Å². The lowest BCUT2D eigenvalue weighted by molar-refractivity contribution is 0.856. The summed E-state index contributed by atoms with van der Waals surface area (Å²) in [5, 5.41) is 4.60. The fourth-order valence-corrected chi connectivity index (χ4v) is 3.12. The highest BCUT2D eigenvalue weighted by Gasteiger charge is 2.31. The topological polar surface area (TPSA) is 36.8 Å². The Hall–Kier alpha value is -2.42. The molecule has 0 saturated heterocycles. The molecule has 2 aromatic carbocycles. The molecule has 2 aromatic rings. The molecule has 1 aliphatic heterocycles. The summed E-state index contributed by atoms with van der Waals surface area (Å²) < 4.78 is 0. The molecule has 3 heteroatoms. The van der Waals surface area contributed by atoms with Gasteiger partial charge in [0.15, 0.2) is 0 Å². The maximum atomic E-state index is 4.77. The third kappa shape index (κ3) is 2.35. The molecule has 3 nitrogen and oxygen atoms in total. The van der Waals surface area contributed by atoms with E-state index < -0.39 is 0 Å². The summed E-state index contributed by atoms with van der Waals surface area (Å²) in [6, 6.07) is 18.6. The third-order valence-corrected chi connectivity index (χ3v) is 4.20. The first kappa shape index (κ1) is 12.3. The van der Waals surface area contributed by atoms with Crippen LogP contribution in [0.3, 0.4) is 0 Å². The first-order chi connectivity index (χ1) is 10.4. The number of para-hydroxylation sites is 2. The van der Waals surface area contributed by atoms with Crippen LogP contribution in [0.1, 0.15) is 30.7 Å². The van der Waals surface area contributed by atoms with Crippen LogP contribution in [-0.4, -0.2) is 11.4 Å². The van der Waals surface area contributed by atoms with E-state index in [-0.39, 0.29) is 0 Å². The van der Waals surface area contributed by atoms with Crippen LogP contribution < -0.4 is 5.43 Å². The monoisotopic (exact) mass is 275 g/mol. The van der Waals surface area contributed by atoms with E-state index >= 15 is 0 Å². The average molecular weight is 275 g/mol. The molecular formula is C18H17N3. The lowest BCUT2D eigenvalue weighted by atomic mass is 9.83. The SMILES string of the molecule is c1ccc(N/N=C2/CCC3=Nc4ccccc4C3C2)cc1. The van der Waals surface area contributed by atoms with Crippen molar-refractivity contribution >= 4 is 22.8 Å². The van der Waals surface area contributed by atoms with Crippen LogP contribution in [0.15, 0.2) is 64.7 Å². The molecule has 1 fully saturated rings. The number of anilines is 1. The Labute approximate surface area is 124 Å². The van der Waals surface area contributed by atoms with Crippen molar-refractivity contribution in [3.05, 3.63) is 60.2 Å². The summed E-state index contributed by atoms with van der Waals surface area (Å²) in [6.07, 6.45) is 3.01. The fourth-order valence-electron chi connectivity index (χ4n) is 3.12. The molecule has 0 radical (unpaired) electrons. The van der Waals surface area contributed by atoms with Gasteiger partial charge in [0.25, 0.3) is 0 Å². The van der Waals surface area contributed by atoms with Crippen LogP contribution in [0, 0.1) is 0 Å². The van der Waals surface area contributed by atoms with Crippen molar-refractivity contribution in [2.45, 2.75) is 25.2 Å². The fraction of sp³-hybridized carbons (Fsp3) is 0.222. The second-order valence-corrected chi connectivity index (χ2v) is 5.57. The molecule has 1 heterocycles. The Morgan fingerprint density at radius 3 is 2.67 bits per heavy atom. The molecule has 104 valence electrons. The molecule has 0 bridgehead atoms. The first-order valence-corrected chi connectivity index (χ1v) is 7.43. The molecule has 1 saturated carbocycles. The van der Waals surface area contributed by atoms with Crippen molar-refractivity contribution in [3.8, 4) is 0 Å². The Morgan fingerprint density at radius 2 is 1.76 bits per heavy atom. The van der Waals surface area contributed by atoms with Gasteiger partial charge in [0.05, 0.1) is 11.4 Å². The highest BCUT2D eigenvalue weighted by molar-refractivity contribution is 6.06. The number of rotatable bonds is 2. The summed E-state index contributed by atoms with van der Waals surface area (Å²) >= 11 is 0. The van der Waals surface area contributed by atoms with Crippen molar-refractivity contribution in [1.82, 2.24) is 0 Å². The number of benzene rings is 2. The van der Waals surface area contributed by atoms with Crippen LogP contribution in [0.2, 0.25) is 0 Å². The molecule has 21 heavy (non-hydrogen) atoms. The van der Waals surface area contributed by atoms with Gasteiger partial charge in [-0.3, -0.25) is 10.4 Å². The van der Waals surface area contributed by atoms with Gasteiger partial charge in [-0.25, -0.2) is 0 Å². The summed E-state index contributed by atoms with van der Waals surface area (Å²) in [4.78, 5) is 4.77. The van der Waals surface area contributed by atoms with Crippen molar-refractivity contribution in [3.63, 3.8) is 0 Å². The van der Waals surface area contributed by atoms with E-state index in [9.17, 15) is 0 Å². The van der Waals surface area contributed by atoms with Crippen molar-refractivity contribution in [1.29, 1.82) is 0 Å². The standard InChI is InChI=1S/C18H17N3/c1-2-6-13(7-3-1)20-21-14-10-11-18-16(12-14)15-8-4-5-9-17(15)19-18/h1-9,16,20H,10-12H2/b21-14-. The maximum absolute atomic E-state index is 4.77. The molecule has 0 aromatic heterocycles. The number of nitrogens with one attached hydrogen (secondary N) is 1. The first-order valence-electron chi connectivity index (χ1n) is 7.43. The number of hydrogen-bond donors (Lipinski definition) is 1. The Morgan fingerprint density at radius 1 is 0.952 bits per heavy atom. The molecule has 1 N–H and O–H groups in total. The van der Waals surface area contributed by atoms with Crippen LogP contribution in [0.25, 0.3) is 0 Å². The van der Waals surface area contributed by atoms with Gasteiger partial charge >= 0.3 is 0 Å².